The Hall–Kier alpha value is -2.05. The van der Waals surface area contributed by atoms with Gasteiger partial charge in [-0.3, -0.25) is 4.79 Å². The topological polar surface area (TPSA) is 77.5 Å². The minimum absolute atomic E-state index is 0.212. The van der Waals surface area contributed by atoms with Crippen molar-refractivity contribution in [1.82, 2.24) is 10.2 Å². The molecule has 1 heterocycles. The predicted octanol–water partition coefficient (Wildman–Crippen LogP) is 2.47. The molecule has 0 bridgehead atoms. The third kappa shape index (κ3) is 4.96. The SMILES string of the molecule is N=C/C(=C(/OCC1CC1)C(=O)Nc1cccc(Cl)c1)N1CCNCC1. The van der Waals surface area contributed by atoms with Crippen LogP contribution in [0.3, 0.4) is 0 Å². The van der Waals surface area contributed by atoms with E-state index in [4.69, 9.17) is 21.7 Å². The van der Waals surface area contributed by atoms with Crippen molar-refractivity contribution in [2.45, 2.75) is 12.8 Å². The first-order valence-corrected chi connectivity index (χ1v) is 8.95. The van der Waals surface area contributed by atoms with E-state index in [1.165, 1.54) is 6.21 Å². The summed E-state index contributed by atoms with van der Waals surface area (Å²) in [7, 11) is 0. The van der Waals surface area contributed by atoms with E-state index in [0.717, 1.165) is 39.0 Å². The highest BCUT2D eigenvalue weighted by molar-refractivity contribution is 6.31. The Bertz CT molecular complexity index is 667. The van der Waals surface area contributed by atoms with Gasteiger partial charge in [0.1, 0.15) is 5.70 Å². The number of carbonyl (C=O) groups is 1. The summed E-state index contributed by atoms with van der Waals surface area (Å²) in [6.07, 6.45) is 3.48. The zero-order chi connectivity index (χ0) is 17.6. The first kappa shape index (κ1) is 17.8. The molecule has 6 nitrogen and oxygen atoms in total. The van der Waals surface area contributed by atoms with Crippen molar-refractivity contribution in [3.63, 3.8) is 0 Å². The van der Waals surface area contributed by atoms with E-state index in [9.17, 15) is 4.79 Å². The quantitative estimate of drug-likeness (QED) is 0.395. The molecule has 0 radical (unpaired) electrons. The van der Waals surface area contributed by atoms with Crippen LogP contribution in [0.2, 0.25) is 5.02 Å². The zero-order valence-electron chi connectivity index (χ0n) is 14.1. The van der Waals surface area contributed by atoms with Crippen LogP contribution in [0.4, 0.5) is 5.69 Å². The zero-order valence-corrected chi connectivity index (χ0v) is 14.8. The fraction of sp³-hybridized carbons (Fsp3) is 0.444. The Morgan fingerprint density at radius 2 is 2.16 bits per heavy atom. The molecule has 0 spiro atoms. The molecule has 1 saturated carbocycles. The lowest BCUT2D eigenvalue weighted by molar-refractivity contribution is -0.116. The van der Waals surface area contributed by atoms with Gasteiger partial charge in [-0.05, 0) is 37.0 Å². The van der Waals surface area contributed by atoms with Gasteiger partial charge >= 0.3 is 0 Å². The fourth-order valence-electron chi connectivity index (χ4n) is 2.70. The van der Waals surface area contributed by atoms with E-state index in [0.29, 0.717) is 28.9 Å². The molecule has 1 aliphatic heterocycles. The van der Waals surface area contributed by atoms with Crippen LogP contribution >= 0.6 is 11.6 Å². The third-order valence-corrected chi connectivity index (χ3v) is 4.51. The number of benzene rings is 1. The van der Waals surface area contributed by atoms with Gasteiger partial charge in [0.2, 0.25) is 5.76 Å². The van der Waals surface area contributed by atoms with Crippen LogP contribution in [-0.2, 0) is 9.53 Å². The monoisotopic (exact) mass is 362 g/mol. The average Bonchev–Trinajstić information content (AvgIpc) is 3.43. The number of rotatable bonds is 7. The highest BCUT2D eigenvalue weighted by atomic mass is 35.5. The fourth-order valence-corrected chi connectivity index (χ4v) is 2.89. The van der Waals surface area contributed by atoms with E-state index in [2.05, 4.69) is 10.6 Å². The first-order chi connectivity index (χ1) is 12.2. The van der Waals surface area contributed by atoms with Crippen molar-refractivity contribution >= 4 is 29.4 Å². The van der Waals surface area contributed by atoms with Crippen LogP contribution in [0.15, 0.2) is 35.7 Å². The van der Waals surface area contributed by atoms with E-state index in [1.54, 1.807) is 24.3 Å². The molecule has 0 unspecified atom stereocenters. The molecule has 2 aliphatic rings. The predicted molar refractivity (Wildman–Crippen MR) is 99.0 cm³/mol. The van der Waals surface area contributed by atoms with Gasteiger partial charge in [0.15, 0.2) is 0 Å². The number of piperazine rings is 1. The number of nitrogens with zero attached hydrogens (tertiary/aromatic N) is 1. The van der Waals surface area contributed by atoms with E-state index < -0.39 is 0 Å². The second kappa shape index (κ2) is 8.36. The summed E-state index contributed by atoms with van der Waals surface area (Å²) < 4.78 is 5.86. The minimum atomic E-state index is -0.347. The van der Waals surface area contributed by atoms with E-state index >= 15 is 0 Å². The number of anilines is 1. The summed E-state index contributed by atoms with van der Waals surface area (Å²) in [5.74, 6) is 0.382. The molecule has 1 saturated heterocycles. The smallest absolute Gasteiger partial charge is 0.293 e. The number of hydrogen-bond acceptors (Lipinski definition) is 5. The Labute approximate surface area is 152 Å². The molecule has 1 aliphatic carbocycles. The number of hydrogen-bond donors (Lipinski definition) is 3. The number of allylic oxidation sites excluding steroid dienone is 1. The van der Waals surface area contributed by atoms with Crippen molar-refractivity contribution in [2.24, 2.45) is 5.92 Å². The largest absolute Gasteiger partial charge is 0.486 e. The molecule has 1 aromatic rings. The van der Waals surface area contributed by atoms with Crippen LogP contribution in [-0.4, -0.2) is 49.8 Å². The van der Waals surface area contributed by atoms with Crippen LogP contribution in [0.5, 0.6) is 0 Å². The van der Waals surface area contributed by atoms with Crippen molar-refractivity contribution in [3.8, 4) is 0 Å². The molecule has 7 heteroatoms. The maximum absolute atomic E-state index is 12.8. The number of halogens is 1. The second-order valence-electron chi connectivity index (χ2n) is 6.31. The van der Waals surface area contributed by atoms with Crippen molar-refractivity contribution in [3.05, 3.63) is 40.7 Å². The number of ether oxygens (including phenoxy) is 1. The molecular formula is C18H23ClN4O2. The van der Waals surface area contributed by atoms with Crippen LogP contribution < -0.4 is 10.6 Å². The minimum Gasteiger partial charge on any atom is -0.486 e. The Kier molecular flexibility index (Phi) is 5.94. The van der Waals surface area contributed by atoms with E-state index in [1.807, 2.05) is 4.90 Å². The highest BCUT2D eigenvalue weighted by Gasteiger charge is 2.27. The Morgan fingerprint density at radius 1 is 1.40 bits per heavy atom. The Morgan fingerprint density at radius 3 is 2.80 bits per heavy atom. The lowest BCUT2D eigenvalue weighted by Crippen LogP contribution is -2.44. The summed E-state index contributed by atoms with van der Waals surface area (Å²) in [5, 5.41) is 14.5. The Balaban J connectivity index is 1.81. The summed E-state index contributed by atoms with van der Waals surface area (Å²) in [6.45, 7) is 3.64. The summed E-state index contributed by atoms with van der Waals surface area (Å²) >= 11 is 5.98. The lowest BCUT2D eigenvalue weighted by Gasteiger charge is -2.31. The van der Waals surface area contributed by atoms with Crippen molar-refractivity contribution < 1.29 is 9.53 Å². The van der Waals surface area contributed by atoms with Crippen LogP contribution in [0.1, 0.15) is 12.8 Å². The molecule has 3 N–H and O–H groups in total. The van der Waals surface area contributed by atoms with Gasteiger partial charge in [-0.25, -0.2) is 0 Å². The molecule has 25 heavy (non-hydrogen) atoms. The molecule has 3 rings (SSSR count). The molecule has 134 valence electrons. The molecule has 0 atom stereocenters. The summed E-state index contributed by atoms with van der Waals surface area (Å²) in [5.41, 5.74) is 1.14. The first-order valence-electron chi connectivity index (χ1n) is 8.57. The number of amides is 1. The highest BCUT2D eigenvalue weighted by Crippen LogP contribution is 2.30. The maximum atomic E-state index is 12.8. The van der Waals surface area contributed by atoms with Gasteiger partial charge in [-0.15, -0.1) is 0 Å². The summed E-state index contributed by atoms with van der Waals surface area (Å²) in [4.78, 5) is 14.8. The van der Waals surface area contributed by atoms with Crippen molar-refractivity contribution in [2.75, 3.05) is 38.1 Å². The molecular weight excluding hydrogens is 340 g/mol. The van der Waals surface area contributed by atoms with Crippen LogP contribution in [0.25, 0.3) is 0 Å². The number of carbonyl (C=O) groups excluding carboxylic acids is 1. The third-order valence-electron chi connectivity index (χ3n) is 4.28. The van der Waals surface area contributed by atoms with Crippen LogP contribution in [0, 0.1) is 11.3 Å². The maximum Gasteiger partial charge on any atom is 0.293 e. The van der Waals surface area contributed by atoms with Gasteiger partial charge in [-0.1, -0.05) is 17.7 Å². The van der Waals surface area contributed by atoms with E-state index in [-0.39, 0.29) is 11.7 Å². The van der Waals surface area contributed by atoms with Gasteiger partial charge in [0.25, 0.3) is 5.91 Å². The normalized spacial score (nSPS) is 18.4. The van der Waals surface area contributed by atoms with Gasteiger partial charge in [0, 0.05) is 43.1 Å². The van der Waals surface area contributed by atoms with Gasteiger partial charge < -0.3 is 25.7 Å². The molecule has 0 aromatic heterocycles. The molecule has 1 amide bonds. The molecule has 1 aromatic carbocycles. The van der Waals surface area contributed by atoms with Gasteiger partial charge in [-0.2, -0.15) is 0 Å². The van der Waals surface area contributed by atoms with Crippen molar-refractivity contribution in [1.29, 1.82) is 5.41 Å². The number of nitrogens with one attached hydrogen (secondary N) is 3. The average molecular weight is 363 g/mol. The summed E-state index contributed by atoms with van der Waals surface area (Å²) in [6, 6.07) is 6.99. The standard InChI is InChI=1S/C18H23ClN4O2/c19-14-2-1-3-15(10-14)22-18(24)17(25-12-13-4-5-13)16(11-20)23-8-6-21-7-9-23/h1-3,10-11,13,20-21H,4-9,12H2,(H,22,24)/b17-16-,20-11?. The van der Waals surface area contributed by atoms with Gasteiger partial charge in [0.05, 0.1) is 6.61 Å². The lowest BCUT2D eigenvalue weighted by atomic mass is 10.2. The molecule has 2 fully saturated rings. The second-order valence-corrected chi connectivity index (χ2v) is 6.75.